The third-order valence-corrected chi connectivity index (χ3v) is 1.24. The van der Waals surface area contributed by atoms with Gasteiger partial charge in [-0.05, 0) is 6.92 Å². The van der Waals surface area contributed by atoms with E-state index in [0.717, 1.165) is 0 Å². The molecule has 0 aliphatic carbocycles. The molecular weight excluding hydrogens is 144 g/mol. The molecule has 11 heavy (non-hydrogen) atoms. The molecule has 0 aliphatic rings. The quantitative estimate of drug-likeness (QED) is 0.267. The number of methoxy groups -OCH3 is 2. The molecule has 0 heterocycles. The smallest absolute Gasteiger partial charge is 0.341 e. The van der Waals surface area contributed by atoms with Gasteiger partial charge in [0, 0.05) is 0 Å². The Morgan fingerprint density at radius 2 is 1.91 bits per heavy atom. The van der Waals surface area contributed by atoms with Crippen molar-refractivity contribution in [3.63, 3.8) is 0 Å². The summed E-state index contributed by atoms with van der Waals surface area (Å²) in [7, 11) is 2.77. The molecule has 0 rings (SSSR count). The molecule has 0 aromatic heterocycles. The van der Waals surface area contributed by atoms with Gasteiger partial charge in [0.1, 0.15) is 5.76 Å². The summed E-state index contributed by atoms with van der Waals surface area (Å²) in [6.07, 6.45) is 1.59. The Morgan fingerprint density at radius 1 is 1.36 bits per heavy atom. The first-order valence-corrected chi connectivity index (χ1v) is 3.15. The van der Waals surface area contributed by atoms with Crippen LogP contribution in [0.4, 0.5) is 0 Å². The van der Waals surface area contributed by atoms with Gasteiger partial charge in [0.25, 0.3) is 0 Å². The first-order valence-electron chi connectivity index (χ1n) is 3.15. The normalized spacial score (nSPS) is 10.6. The molecule has 0 aromatic carbocycles. The van der Waals surface area contributed by atoms with Crippen molar-refractivity contribution in [2.24, 2.45) is 0 Å². The maximum atomic E-state index is 10.9. The predicted octanol–water partition coefficient (Wildman–Crippen LogP) is 1.27. The van der Waals surface area contributed by atoms with E-state index in [9.17, 15) is 4.79 Å². The molecule has 62 valence electrons. The van der Waals surface area contributed by atoms with Gasteiger partial charge in [0.05, 0.1) is 19.8 Å². The van der Waals surface area contributed by atoms with Crippen LogP contribution in [-0.2, 0) is 14.3 Å². The van der Waals surface area contributed by atoms with Crippen LogP contribution in [0.1, 0.15) is 6.92 Å². The molecule has 3 heteroatoms. The third kappa shape index (κ3) is 2.45. The molecule has 0 aliphatic heterocycles. The second kappa shape index (κ2) is 4.55. The monoisotopic (exact) mass is 156 g/mol. The molecule has 0 N–H and O–H groups in total. The van der Waals surface area contributed by atoms with Gasteiger partial charge in [0.2, 0.25) is 0 Å². The molecule has 0 spiro atoms. The SMILES string of the molecule is C=C(OC)/C(=C/C)C(=O)OC. The second-order valence-corrected chi connectivity index (χ2v) is 1.82. The van der Waals surface area contributed by atoms with Crippen LogP contribution in [0.3, 0.4) is 0 Å². The standard InChI is InChI=1S/C8H12O3/c1-5-7(6(2)10-3)8(9)11-4/h5H,2H2,1,3-4H3/b7-5-. The molecule has 0 fully saturated rings. The fourth-order valence-corrected chi connectivity index (χ4v) is 0.613. The highest BCUT2D eigenvalue weighted by atomic mass is 16.5. The Balaban J connectivity index is 4.43. The molecule has 0 saturated carbocycles. The largest absolute Gasteiger partial charge is 0.496 e. The summed E-state index contributed by atoms with van der Waals surface area (Å²) in [5, 5.41) is 0. The van der Waals surface area contributed by atoms with Gasteiger partial charge in [-0.25, -0.2) is 4.79 Å². The van der Waals surface area contributed by atoms with Gasteiger partial charge in [-0.3, -0.25) is 0 Å². The van der Waals surface area contributed by atoms with E-state index in [1.165, 1.54) is 14.2 Å². The molecule has 0 atom stereocenters. The number of hydrogen-bond acceptors (Lipinski definition) is 3. The summed E-state index contributed by atoms with van der Waals surface area (Å²) in [5.41, 5.74) is 0.356. The van der Waals surface area contributed by atoms with Crippen molar-refractivity contribution in [3.05, 3.63) is 24.0 Å². The van der Waals surface area contributed by atoms with Crippen LogP contribution < -0.4 is 0 Å². The van der Waals surface area contributed by atoms with E-state index >= 15 is 0 Å². The van der Waals surface area contributed by atoms with Gasteiger partial charge in [0.15, 0.2) is 0 Å². The van der Waals surface area contributed by atoms with Crippen molar-refractivity contribution in [2.45, 2.75) is 6.92 Å². The first kappa shape index (κ1) is 9.75. The molecule has 0 unspecified atom stereocenters. The topological polar surface area (TPSA) is 35.5 Å². The second-order valence-electron chi connectivity index (χ2n) is 1.82. The van der Waals surface area contributed by atoms with E-state index in [2.05, 4.69) is 11.3 Å². The van der Waals surface area contributed by atoms with Crippen LogP contribution in [0.25, 0.3) is 0 Å². The van der Waals surface area contributed by atoms with Gasteiger partial charge in [-0.1, -0.05) is 12.7 Å². The van der Waals surface area contributed by atoms with Gasteiger partial charge in [-0.2, -0.15) is 0 Å². The lowest BCUT2D eigenvalue weighted by atomic mass is 10.2. The Bertz CT molecular complexity index is 174. The Kier molecular flexibility index (Phi) is 4.03. The van der Waals surface area contributed by atoms with Crippen molar-refractivity contribution < 1.29 is 14.3 Å². The summed E-state index contributed by atoms with van der Waals surface area (Å²) in [6.45, 7) is 5.24. The van der Waals surface area contributed by atoms with Crippen LogP contribution in [0.5, 0.6) is 0 Å². The van der Waals surface area contributed by atoms with E-state index in [0.29, 0.717) is 11.3 Å². The lowest BCUT2D eigenvalue weighted by molar-refractivity contribution is -0.136. The number of rotatable bonds is 3. The van der Waals surface area contributed by atoms with Gasteiger partial charge >= 0.3 is 5.97 Å². The average Bonchev–Trinajstić information content (AvgIpc) is 2.05. The maximum absolute atomic E-state index is 10.9. The van der Waals surface area contributed by atoms with E-state index < -0.39 is 5.97 Å². The summed E-state index contributed by atoms with van der Waals surface area (Å²) in [4.78, 5) is 10.9. The molecule has 0 radical (unpaired) electrons. The summed E-state index contributed by atoms with van der Waals surface area (Å²) in [6, 6.07) is 0. The van der Waals surface area contributed by atoms with E-state index in [1.807, 2.05) is 0 Å². The number of hydrogen-bond donors (Lipinski definition) is 0. The number of allylic oxidation sites excluding steroid dienone is 1. The third-order valence-electron chi connectivity index (χ3n) is 1.24. The minimum absolute atomic E-state index is 0.319. The number of esters is 1. The molecule has 3 nitrogen and oxygen atoms in total. The Hall–Kier alpha value is -1.25. The minimum Gasteiger partial charge on any atom is -0.496 e. The van der Waals surface area contributed by atoms with Gasteiger partial charge < -0.3 is 9.47 Å². The number of carbonyl (C=O) groups excluding carboxylic acids is 1. The van der Waals surface area contributed by atoms with E-state index in [-0.39, 0.29) is 0 Å². The lowest BCUT2D eigenvalue weighted by Gasteiger charge is -2.05. The summed E-state index contributed by atoms with van der Waals surface area (Å²) < 4.78 is 9.24. The highest BCUT2D eigenvalue weighted by molar-refractivity contribution is 5.92. The van der Waals surface area contributed by atoms with E-state index in [1.54, 1.807) is 13.0 Å². The van der Waals surface area contributed by atoms with Crippen LogP contribution in [-0.4, -0.2) is 20.2 Å². The highest BCUT2D eigenvalue weighted by Crippen LogP contribution is 2.09. The van der Waals surface area contributed by atoms with Crippen LogP contribution in [0.2, 0.25) is 0 Å². The summed E-state index contributed by atoms with van der Waals surface area (Å²) in [5.74, 6) is -0.112. The molecule has 0 amide bonds. The molecule has 0 aromatic rings. The van der Waals surface area contributed by atoms with Gasteiger partial charge in [-0.15, -0.1) is 0 Å². The summed E-state index contributed by atoms with van der Waals surface area (Å²) >= 11 is 0. The maximum Gasteiger partial charge on any atom is 0.341 e. The molecule has 0 bridgehead atoms. The minimum atomic E-state index is -0.431. The van der Waals surface area contributed by atoms with Crippen molar-refractivity contribution in [1.82, 2.24) is 0 Å². The van der Waals surface area contributed by atoms with Crippen molar-refractivity contribution >= 4 is 5.97 Å². The molecular formula is C8H12O3. The number of carbonyl (C=O) groups is 1. The zero-order valence-electron chi connectivity index (χ0n) is 7.01. The number of ether oxygens (including phenoxy) is 2. The van der Waals surface area contributed by atoms with Crippen molar-refractivity contribution in [2.75, 3.05) is 14.2 Å². The van der Waals surface area contributed by atoms with Crippen LogP contribution in [0, 0.1) is 0 Å². The Morgan fingerprint density at radius 3 is 2.18 bits per heavy atom. The lowest BCUT2D eigenvalue weighted by Crippen LogP contribution is -2.07. The Labute approximate surface area is 66.3 Å². The first-order chi connectivity index (χ1) is 5.17. The zero-order valence-corrected chi connectivity index (χ0v) is 7.01. The zero-order chi connectivity index (χ0) is 8.85. The molecule has 0 saturated heterocycles. The van der Waals surface area contributed by atoms with Crippen molar-refractivity contribution in [3.8, 4) is 0 Å². The fourth-order valence-electron chi connectivity index (χ4n) is 0.613. The average molecular weight is 156 g/mol. The predicted molar refractivity (Wildman–Crippen MR) is 41.9 cm³/mol. The fraction of sp³-hybridized carbons (Fsp3) is 0.375. The van der Waals surface area contributed by atoms with Crippen LogP contribution in [0.15, 0.2) is 24.0 Å². The van der Waals surface area contributed by atoms with Crippen molar-refractivity contribution in [1.29, 1.82) is 0 Å². The highest BCUT2D eigenvalue weighted by Gasteiger charge is 2.11. The van der Waals surface area contributed by atoms with Crippen LogP contribution >= 0.6 is 0 Å². The van der Waals surface area contributed by atoms with E-state index in [4.69, 9.17) is 4.74 Å².